The van der Waals surface area contributed by atoms with Crippen LogP contribution in [0.3, 0.4) is 0 Å². The summed E-state index contributed by atoms with van der Waals surface area (Å²) in [5.41, 5.74) is 2.31. The SMILES string of the molecule is CC1(C)N=C(c2[nH]cnc2-c2ccccc2)C(C)(C)N1O. The van der Waals surface area contributed by atoms with Crippen molar-refractivity contribution in [1.82, 2.24) is 15.0 Å². The number of hydroxylamine groups is 2. The molecular formula is C16H20N4O. The van der Waals surface area contributed by atoms with E-state index in [1.165, 1.54) is 5.06 Å². The van der Waals surface area contributed by atoms with Crippen LogP contribution in [0.5, 0.6) is 0 Å². The topological polar surface area (TPSA) is 64.5 Å². The zero-order chi connectivity index (χ0) is 15.3. The quantitative estimate of drug-likeness (QED) is 0.890. The summed E-state index contributed by atoms with van der Waals surface area (Å²) < 4.78 is 0. The van der Waals surface area contributed by atoms with Gasteiger partial charge in [0.25, 0.3) is 0 Å². The van der Waals surface area contributed by atoms with E-state index < -0.39 is 11.2 Å². The van der Waals surface area contributed by atoms with Gasteiger partial charge in [0, 0.05) is 5.56 Å². The van der Waals surface area contributed by atoms with E-state index >= 15 is 0 Å². The number of aliphatic imine (C=N–C) groups is 1. The van der Waals surface area contributed by atoms with E-state index in [1.54, 1.807) is 6.33 Å². The van der Waals surface area contributed by atoms with Crippen molar-refractivity contribution in [2.45, 2.75) is 38.9 Å². The zero-order valence-electron chi connectivity index (χ0n) is 12.8. The Morgan fingerprint density at radius 3 is 2.33 bits per heavy atom. The van der Waals surface area contributed by atoms with Crippen LogP contribution >= 0.6 is 0 Å². The summed E-state index contributed by atoms with van der Waals surface area (Å²) in [4.78, 5) is 12.3. The highest BCUT2D eigenvalue weighted by Gasteiger charge is 2.48. The Hall–Kier alpha value is -1.98. The van der Waals surface area contributed by atoms with E-state index in [0.29, 0.717) is 0 Å². The van der Waals surface area contributed by atoms with E-state index in [4.69, 9.17) is 4.99 Å². The average molecular weight is 284 g/mol. The second kappa shape index (κ2) is 4.51. The van der Waals surface area contributed by atoms with Crippen LogP contribution in [0.1, 0.15) is 33.4 Å². The largest absolute Gasteiger partial charge is 0.343 e. The summed E-state index contributed by atoms with van der Waals surface area (Å²) in [5.74, 6) is 0. The van der Waals surface area contributed by atoms with Crippen LogP contribution in [0.25, 0.3) is 11.3 Å². The van der Waals surface area contributed by atoms with Gasteiger partial charge in [-0.25, -0.2) is 4.98 Å². The molecule has 0 aliphatic carbocycles. The van der Waals surface area contributed by atoms with Crippen LogP contribution in [0.4, 0.5) is 0 Å². The fourth-order valence-electron chi connectivity index (χ4n) is 2.89. The summed E-state index contributed by atoms with van der Waals surface area (Å²) in [5, 5.41) is 11.7. The minimum Gasteiger partial charge on any atom is -0.343 e. The summed E-state index contributed by atoms with van der Waals surface area (Å²) in [6.45, 7) is 7.69. The van der Waals surface area contributed by atoms with Gasteiger partial charge in [0.2, 0.25) is 0 Å². The van der Waals surface area contributed by atoms with Crippen molar-refractivity contribution in [2.75, 3.05) is 0 Å². The number of imidazole rings is 1. The number of hydrogen-bond acceptors (Lipinski definition) is 4. The Morgan fingerprint density at radius 1 is 1.10 bits per heavy atom. The smallest absolute Gasteiger partial charge is 0.131 e. The molecule has 0 bridgehead atoms. The molecule has 0 amide bonds. The van der Waals surface area contributed by atoms with Gasteiger partial charge in [0.1, 0.15) is 5.66 Å². The molecular weight excluding hydrogens is 264 g/mol. The Morgan fingerprint density at radius 2 is 1.76 bits per heavy atom. The monoisotopic (exact) mass is 284 g/mol. The molecule has 0 atom stereocenters. The number of nitrogens with one attached hydrogen (secondary N) is 1. The highest BCUT2D eigenvalue weighted by molar-refractivity contribution is 6.10. The van der Waals surface area contributed by atoms with Crippen LogP contribution in [0, 0.1) is 0 Å². The summed E-state index contributed by atoms with van der Waals surface area (Å²) in [7, 11) is 0. The number of aromatic nitrogens is 2. The molecule has 5 heteroatoms. The van der Waals surface area contributed by atoms with Crippen molar-refractivity contribution in [3.63, 3.8) is 0 Å². The maximum atomic E-state index is 10.4. The van der Waals surface area contributed by atoms with Crippen molar-refractivity contribution in [3.05, 3.63) is 42.4 Å². The molecule has 0 saturated heterocycles. The van der Waals surface area contributed by atoms with Crippen molar-refractivity contribution in [3.8, 4) is 11.3 Å². The lowest BCUT2D eigenvalue weighted by atomic mass is 9.94. The fourth-order valence-corrected chi connectivity index (χ4v) is 2.89. The van der Waals surface area contributed by atoms with Gasteiger partial charge in [-0.3, -0.25) is 4.99 Å². The highest BCUT2D eigenvalue weighted by Crippen LogP contribution is 2.37. The lowest BCUT2D eigenvalue weighted by molar-refractivity contribution is -0.188. The zero-order valence-corrected chi connectivity index (χ0v) is 12.8. The molecule has 5 nitrogen and oxygen atoms in total. The lowest BCUT2D eigenvalue weighted by Crippen LogP contribution is -2.50. The number of nitrogens with zero attached hydrogens (tertiary/aromatic N) is 3. The number of H-pyrrole nitrogens is 1. The molecule has 2 heterocycles. The average Bonchev–Trinajstić information content (AvgIpc) is 2.98. The van der Waals surface area contributed by atoms with E-state index in [0.717, 1.165) is 22.7 Å². The lowest BCUT2D eigenvalue weighted by Gasteiger charge is -2.33. The molecule has 0 saturated carbocycles. The molecule has 3 rings (SSSR count). The standard InChI is InChI=1S/C16H20N4O/c1-15(2)14(19-16(3,4)20(15)21)13-12(17-10-18-13)11-8-6-5-7-9-11/h5-10,21H,1-4H3,(H,17,18). The third kappa shape index (κ3) is 2.09. The van der Waals surface area contributed by atoms with Crippen LogP contribution in [0.2, 0.25) is 0 Å². The molecule has 21 heavy (non-hydrogen) atoms. The van der Waals surface area contributed by atoms with Gasteiger partial charge in [-0.15, -0.1) is 0 Å². The number of aromatic amines is 1. The molecule has 0 radical (unpaired) electrons. The highest BCUT2D eigenvalue weighted by atomic mass is 16.5. The number of hydrogen-bond donors (Lipinski definition) is 2. The molecule has 2 aromatic rings. The Kier molecular flexibility index (Phi) is 3.00. The van der Waals surface area contributed by atoms with Gasteiger partial charge in [-0.2, -0.15) is 5.06 Å². The first-order chi connectivity index (χ1) is 9.84. The normalized spacial score (nSPS) is 20.5. The maximum absolute atomic E-state index is 10.4. The van der Waals surface area contributed by atoms with Gasteiger partial charge in [-0.05, 0) is 27.7 Å². The van der Waals surface area contributed by atoms with Gasteiger partial charge in [0.05, 0.1) is 29.0 Å². The summed E-state index contributed by atoms with van der Waals surface area (Å²) >= 11 is 0. The van der Waals surface area contributed by atoms with E-state index in [9.17, 15) is 5.21 Å². The van der Waals surface area contributed by atoms with Gasteiger partial charge >= 0.3 is 0 Å². The molecule has 1 aliphatic rings. The first-order valence-corrected chi connectivity index (χ1v) is 7.03. The first-order valence-electron chi connectivity index (χ1n) is 7.03. The minimum atomic E-state index is -0.655. The van der Waals surface area contributed by atoms with E-state index in [2.05, 4.69) is 9.97 Å². The second-order valence-corrected chi connectivity index (χ2v) is 6.32. The fraction of sp³-hybridized carbons (Fsp3) is 0.375. The predicted molar refractivity (Wildman–Crippen MR) is 82.3 cm³/mol. The minimum absolute atomic E-state index is 0.584. The van der Waals surface area contributed by atoms with E-state index in [1.807, 2.05) is 58.0 Å². The molecule has 0 unspecified atom stereocenters. The summed E-state index contributed by atoms with van der Waals surface area (Å²) in [6, 6.07) is 9.98. The molecule has 1 aromatic carbocycles. The van der Waals surface area contributed by atoms with Crippen molar-refractivity contribution in [1.29, 1.82) is 0 Å². The first kappa shape index (κ1) is 14.0. The van der Waals surface area contributed by atoms with Crippen LogP contribution in [0.15, 0.2) is 41.7 Å². The maximum Gasteiger partial charge on any atom is 0.131 e. The number of benzene rings is 1. The molecule has 110 valence electrons. The van der Waals surface area contributed by atoms with Crippen LogP contribution in [-0.2, 0) is 0 Å². The second-order valence-electron chi connectivity index (χ2n) is 6.32. The molecule has 0 spiro atoms. The van der Waals surface area contributed by atoms with Crippen molar-refractivity contribution >= 4 is 5.71 Å². The summed E-state index contributed by atoms with van der Waals surface area (Å²) in [6.07, 6.45) is 1.67. The Labute approximate surface area is 124 Å². The Balaban J connectivity index is 2.13. The van der Waals surface area contributed by atoms with Gasteiger partial charge in [-0.1, -0.05) is 30.3 Å². The van der Waals surface area contributed by atoms with E-state index in [-0.39, 0.29) is 0 Å². The van der Waals surface area contributed by atoms with Crippen molar-refractivity contribution in [2.24, 2.45) is 4.99 Å². The van der Waals surface area contributed by atoms with Gasteiger partial charge < -0.3 is 10.2 Å². The molecule has 0 fully saturated rings. The number of rotatable bonds is 2. The molecule has 2 N–H and O–H groups in total. The van der Waals surface area contributed by atoms with Crippen molar-refractivity contribution < 1.29 is 5.21 Å². The van der Waals surface area contributed by atoms with Crippen LogP contribution in [-0.4, -0.2) is 37.2 Å². The van der Waals surface area contributed by atoms with Crippen LogP contribution < -0.4 is 0 Å². The Bertz CT molecular complexity index is 685. The van der Waals surface area contributed by atoms with Gasteiger partial charge in [0.15, 0.2) is 0 Å². The third-order valence-corrected chi connectivity index (χ3v) is 3.94. The predicted octanol–water partition coefficient (Wildman–Crippen LogP) is 3.09. The molecule has 1 aromatic heterocycles. The third-order valence-electron chi connectivity index (χ3n) is 3.94. The molecule has 1 aliphatic heterocycles.